The standard InChI is InChI=1S/C21H19F2N3O2S/c1-12-16(11-19(27)25-15-8-9-17(22)18(23)10-15)20(28)26-21(24-12)29-13(2)14-6-4-3-5-7-14/h3-10,13H,11H2,1-2H3,(H,25,27)(H,24,26,28). The Morgan fingerprint density at radius 1 is 1.17 bits per heavy atom. The van der Waals surface area contributed by atoms with E-state index in [1.54, 1.807) is 6.92 Å². The van der Waals surface area contributed by atoms with Crippen LogP contribution in [0, 0.1) is 18.6 Å². The monoisotopic (exact) mass is 415 g/mol. The highest BCUT2D eigenvalue weighted by atomic mass is 32.2. The van der Waals surface area contributed by atoms with Crippen LogP contribution in [0.4, 0.5) is 14.5 Å². The number of carbonyl (C=O) groups excluding carboxylic acids is 1. The van der Waals surface area contributed by atoms with Crippen molar-refractivity contribution in [2.45, 2.75) is 30.7 Å². The molecule has 0 saturated heterocycles. The molecule has 0 radical (unpaired) electrons. The molecule has 1 atom stereocenters. The summed E-state index contributed by atoms with van der Waals surface area (Å²) in [5.41, 5.74) is 1.48. The second-order valence-corrected chi connectivity index (χ2v) is 7.79. The van der Waals surface area contributed by atoms with Crippen LogP contribution < -0.4 is 10.9 Å². The van der Waals surface area contributed by atoms with Crippen LogP contribution >= 0.6 is 11.8 Å². The lowest BCUT2D eigenvalue weighted by Crippen LogP contribution is -2.24. The molecular weight excluding hydrogens is 396 g/mol. The zero-order chi connectivity index (χ0) is 21.0. The van der Waals surface area contributed by atoms with Gasteiger partial charge >= 0.3 is 0 Å². The van der Waals surface area contributed by atoms with E-state index in [9.17, 15) is 18.4 Å². The fraction of sp³-hybridized carbons (Fsp3) is 0.190. The number of amides is 1. The van der Waals surface area contributed by atoms with Crippen LogP contribution in [0.1, 0.15) is 29.0 Å². The number of thioether (sulfide) groups is 1. The molecule has 5 nitrogen and oxygen atoms in total. The number of H-pyrrole nitrogens is 1. The number of carbonyl (C=O) groups is 1. The predicted molar refractivity (Wildman–Crippen MR) is 109 cm³/mol. The van der Waals surface area contributed by atoms with Crippen LogP contribution in [0.15, 0.2) is 58.5 Å². The second kappa shape index (κ2) is 9.00. The molecule has 29 heavy (non-hydrogen) atoms. The van der Waals surface area contributed by atoms with E-state index in [0.717, 1.165) is 17.7 Å². The molecule has 0 saturated carbocycles. The first-order valence-corrected chi connectivity index (χ1v) is 9.77. The van der Waals surface area contributed by atoms with Gasteiger partial charge in [0.15, 0.2) is 16.8 Å². The van der Waals surface area contributed by atoms with Gasteiger partial charge in [-0.15, -0.1) is 0 Å². The normalized spacial score (nSPS) is 11.9. The number of anilines is 1. The third kappa shape index (κ3) is 5.29. The first kappa shape index (κ1) is 20.7. The van der Waals surface area contributed by atoms with Gasteiger partial charge in [0.1, 0.15) is 0 Å². The first-order chi connectivity index (χ1) is 13.8. The maximum atomic E-state index is 13.3. The highest BCUT2D eigenvalue weighted by Crippen LogP contribution is 2.32. The van der Waals surface area contributed by atoms with Crippen molar-refractivity contribution in [3.05, 3.63) is 87.3 Å². The summed E-state index contributed by atoms with van der Waals surface area (Å²) in [6.45, 7) is 3.67. The summed E-state index contributed by atoms with van der Waals surface area (Å²) >= 11 is 1.41. The van der Waals surface area contributed by atoms with E-state index in [1.807, 2.05) is 37.3 Å². The van der Waals surface area contributed by atoms with Crippen LogP contribution in [0.2, 0.25) is 0 Å². The number of hydrogen-bond donors (Lipinski definition) is 2. The minimum atomic E-state index is -1.06. The molecular formula is C21H19F2N3O2S. The van der Waals surface area contributed by atoms with E-state index in [1.165, 1.54) is 17.8 Å². The maximum absolute atomic E-state index is 13.3. The van der Waals surface area contributed by atoms with E-state index in [-0.39, 0.29) is 22.9 Å². The average molecular weight is 415 g/mol. The van der Waals surface area contributed by atoms with Crippen LogP contribution in [0.5, 0.6) is 0 Å². The molecule has 3 aromatic rings. The number of hydrogen-bond acceptors (Lipinski definition) is 4. The van der Waals surface area contributed by atoms with Crippen LogP contribution in [-0.4, -0.2) is 15.9 Å². The minimum absolute atomic E-state index is 0.0845. The maximum Gasteiger partial charge on any atom is 0.255 e. The number of benzene rings is 2. The summed E-state index contributed by atoms with van der Waals surface area (Å²) in [5, 5.41) is 3.00. The Hall–Kier alpha value is -3.00. The zero-order valence-electron chi connectivity index (χ0n) is 15.8. The molecule has 1 heterocycles. The number of nitrogens with zero attached hydrogens (tertiary/aromatic N) is 1. The number of aromatic nitrogens is 2. The van der Waals surface area contributed by atoms with Gasteiger partial charge in [-0.05, 0) is 31.5 Å². The molecule has 0 aliphatic carbocycles. The van der Waals surface area contributed by atoms with E-state index >= 15 is 0 Å². The molecule has 8 heteroatoms. The summed E-state index contributed by atoms with van der Waals surface area (Å²) < 4.78 is 26.2. The van der Waals surface area contributed by atoms with Crippen molar-refractivity contribution >= 4 is 23.4 Å². The van der Waals surface area contributed by atoms with Gasteiger partial charge in [-0.2, -0.15) is 0 Å². The Balaban J connectivity index is 1.71. The SMILES string of the molecule is Cc1nc(SC(C)c2ccccc2)[nH]c(=O)c1CC(=O)Nc1ccc(F)c(F)c1. The molecule has 2 aromatic carbocycles. The van der Waals surface area contributed by atoms with E-state index in [2.05, 4.69) is 15.3 Å². The highest BCUT2D eigenvalue weighted by molar-refractivity contribution is 7.99. The molecule has 0 bridgehead atoms. The fourth-order valence-corrected chi connectivity index (χ4v) is 3.72. The number of rotatable bonds is 6. The van der Waals surface area contributed by atoms with Crippen LogP contribution in [0.25, 0.3) is 0 Å². The first-order valence-electron chi connectivity index (χ1n) is 8.90. The summed E-state index contributed by atoms with van der Waals surface area (Å²) in [6, 6.07) is 12.9. The largest absolute Gasteiger partial charge is 0.326 e. The lowest BCUT2D eigenvalue weighted by Gasteiger charge is -2.12. The van der Waals surface area contributed by atoms with Crippen molar-refractivity contribution in [2.24, 2.45) is 0 Å². The van der Waals surface area contributed by atoms with Gasteiger partial charge in [0.05, 0.1) is 6.42 Å². The summed E-state index contributed by atoms with van der Waals surface area (Å²) in [6.07, 6.45) is -0.230. The molecule has 3 rings (SSSR count). The van der Waals surface area contributed by atoms with E-state index < -0.39 is 23.1 Å². The molecule has 0 aliphatic rings. The van der Waals surface area contributed by atoms with Gasteiger partial charge < -0.3 is 10.3 Å². The lowest BCUT2D eigenvalue weighted by molar-refractivity contribution is -0.115. The molecule has 1 aromatic heterocycles. The average Bonchev–Trinajstić information content (AvgIpc) is 2.68. The van der Waals surface area contributed by atoms with Crippen molar-refractivity contribution in [1.82, 2.24) is 9.97 Å². The van der Waals surface area contributed by atoms with Gasteiger partial charge in [-0.1, -0.05) is 42.1 Å². The molecule has 0 aliphatic heterocycles. The van der Waals surface area contributed by atoms with Gasteiger partial charge in [-0.3, -0.25) is 9.59 Å². The summed E-state index contributed by atoms with van der Waals surface area (Å²) in [4.78, 5) is 31.8. The van der Waals surface area contributed by atoms with Gasteiger partial charge in [0.25, 0.3) is 5.56 Å². The van der Waals surface area contributed by atoms with Crippen LogP contribution in [-0.2, 0) is 11.2 Å². The second-order valence-electron chi connectivity index (χ2n) is 6.46. The Morgan fingerprint density at radius 3 is 2.55 bits per heavy atom. The summed E-state index contributed by atoms with van der Waals surface area (Å²) in [5.74, 6) is -2.59. The van der Waals surface area contributed by atoms with Crippen molar-refractivity contribution in [3.63, 3.8) is 0 Å². The fourth-order valence-electron chi connectivity index (χ4n) is 2.75. The third-order valence-electron chi connectivity index (χ3n) is 4.30. The smallest absolute Gasteiger partial charge is 0.255 e. The summed E-state index contributed by atoms with van der Waals surface area (Å²) in [7, 11) is 0. The molecule has 2 N–H and O–H groups in total. The number of halogens is 2. The molecule has 150 valence electrons. The quantitative estimate of drug-likeness (QED) is 0.463. The molecule has 0 fully saturated rings. The van der Waals surface area contributed by atoms with Gasteiger partial charge in [0.2, 0.25) is 5.91 Å². The van der Waals surface area contributed by atoms with E-state index in [4.69, 9.17) is 0 Å². The Morgan fingerprint density at radius 2 is 1.90 bits per heavy atom. The van der Waals surface area contributed by atoms with Crippen molar-refractivity contribution in [3.8, 4) is 0 Å². The molecule has 1 unspecified atom stereocenters. The number of nitrogens with one attached hydrogen (secondary N) is 2. The molecule has 1 amide bonds. The predicted octanol–water partition coefficient (Wildman–Crippen LogP) is 4.39. The number of aryl methyl sites for hydroxylation is 1. The van der Waals surface area contributed by atoms with Crippen LogP contribution in [0.3, 0.4) is 0 Å². The lowest BCUT2D eigenvalue weighted by atomic mass is 10.1. The van der Waals surface area contributed by atoms with Crippen molar-refractivity contribution < 1.29 is 13.6 Å². The number of aromatic amines is 1. The van der Waals surface area contributed by atoms with Gasteiger partial charge in [-0.25, -0.2) is 13.8 Å². The third-order valence-corrected chi connectivity index (χ3v) is 5.34. The van der Waals surface area contributed by atoms with Crippen molar-refractivity contribution in [1.29, 1.82) is 0 Å². The molecule has 0 spiro atoms. The highest BCUT2D eigenvalue weighted by Gasteiger charge is 2.16. The van der Waals surface area contributed by atoms with Gasteiger partial charge in [0, 0.05) is 28.3 Å². The van der Waals surface area contributed by atoms with Crippen molar-refractivity contribution in [2.75, 3.05) is 5.32 Å². The topological polar surface area (TPSA) is 74.8 Å². The van der Waals surface area contributed by atoms with E-state index in [0.29, 0.717) is 10.9 Å². The Kier molecular flexibility index (Phi) is 6.43. The zero-order valence-corrected chi connectivity index (χ0v) is 16.6. The minimum Gasteiger partial charge on any atom is -0.326 e. The Labute approximate surface area is 170 Å². The Bertz CT molecular complexity index is 1090.